The molecule has 1 N–H and O–H groups in total. The fraction of sp³-hybridized carbons (Fsp3) is 0.435. The number of hydrogen-bond donors (Lipinski definition) is 1. The summed E-state index contributed by atoms with van der Waals surface area (Å²) >= 11 is 5.71. The Morgan fingerprint density at radius 3 is 2.35 bits per heavy atom. The number of amides is 2. The average molecular weight is 489 g/mol. The molecule has 2 heterocycles. The number of nitrogens with zero attached hydrogens (tertiary/aromatic N) is 5. The smallest absolute Gasteiger partial charge is 0.326 e. The summed E-state index contributed by atoms with van der Waals surface area (Å²) in [7, 11) is 1.66. The highest BCUT2D eigenvalue weighted by Gasteiger charge is 2.24. The number of ether oxygens (including phenoxy) is 1. The number of esters is 1. The quantitative estimate of drug-likeness (QED) is 0.557. The van der Waals surface area contributed by atoms with Crippen molar-refractivity contribution in [1.29, 1.82) is 0 Å². The molecule has 10 nitrogen and oxygen atoms in total. The molecule has 34 heavy (non-hydrogen) atoms. The van der Waals surface area contributed by atoms with E-state index in [-0.39, 0.29) is 36.7 Å². The van der Waals surface area contributed by atoms with Gasteiger partial charge in [0.15, 0.2) is 17.6 Å². The van der Waals surface area contributed by atoms with Crippen molar-refractivity contribution in [3.8, 4) is 0 Å². The molecule has 0 spiro atoms. The van der Waals surface area contributed by atoms with Gasteiger partial charge in [-0.3, -0.25) is 19.3 Å². The largest absolute Gasteiger partial charge is 0.454 e. The van der Waals surface area contributed by atoms with Crippen LogP contribution in [0.2, 0.25) is 5.15 Å². The van der Waals surface area contributed by atoms with Crippen molar-refractivity contribution in [1.82, 2.24) is 20.0 Å². The normalized spacial score (nSPS) is 13.9. The molecule has 11 heteroatoms. The number of carbonyl (C=O) groups is 3. The van der Waals surface area contributed by atoms with Crippen LogP contribution in [0.4, 0.5) is 11.5 Å². The lowest BCUT2D eigenvalue weighted by molar-refractivity contribution is -0.151. The van der Waals surface area contributed by atoms with E-state index in [1.807, 2.05) is 36.9 Å². The van der Waals surface area contributed by atoms with E-state index in [1.165, 1.54) is 0 Å². The van der Waals surface area contributed by atoms with Crippen molar-refractivity contribution < 1.29 is 19.1 Å². The Hall–Kier alpha value is -3.24. The minimum atomic E-state index is -0.547. The fourth-order valence-corrected chi connectivity index (χ4v) is 3.72. The predicted octanol–water partition coefficient (Wildman–Crippen LogP) is 1.51. The van der Waals surface area contributed by atoms with Gasteiger partial charge >= 0.3 is 5.97 Å². The van der Waals surface area contributed by atoms with Gasteiger partial charge in [-0.1, -0.05) is 29.8 Å². The summed E-state index contributed by atoms with van der Waals surface area (Å²) in [5.41, 5.74) is 2.88. The number of anilines is 2. The van der Waals surface area contributed by atoms with Crippen LogP contribution in [0, 0.1) is 13.8 Å². The number of piperazine rings is 1. The number of benzene rings is 1. The summed E-state index contributed by atoms with van der Waals surface area (Å²) < 4.78 is 5.13. The topological polar surface area (TPSA) is 108 Å². The van der Waals surface area contributed by atoms with Gasteiger partial charge in [0.25, 0.3) is 5.91 Å². The molecule has 3 rings (SSSR count). The number of halogens is 1. The predicted molar refractivity (Wildman–Crippen MR) is 129 cm³/mol. The van der Waals surface area contributed by atoms with E-state index in [0.717, 1.165) is 16.8 Å². The second-order valence-electron chi connectivity index (χ2n) is 8.20. The molecule has 0 aliphatic carbocycles. The highest BCUT2D eigenvalue weighted by atomic mass is 35.5. The van der Waals surface area contributed by atoms with Gasteiger partial charge in [-0.05, 0) is 37.1 Å². The molecule has 2 aromatic rings. The summed E-state index contributed by atoms with van der Waals surface area (Å²) in [6, 6.07) is 9.09. The lowest BCUT2D eigenvalue weighted by atomic mass is 10.1. The number of likely N-dealkylation sites (N-methyl/N-ethyl adjacent to an activating group) is 1. The van der Waals surface area contributed by atoms with E-state index in [9.17, 15) is 14.4 Å². The maximum atomic E-state index is 12.5. The third kappa shape index (κ3) is 7.13. The van der Waals surface area contributed by atoms with Crippen LogP contribution in [0.25, 0.3) is 0 Å². The summed E-state index contributed by atoms with van der Waals surface area (Å²) in [5.74, 6) is -0.428. The van der Waals surface area contributed by atoms with Crippen LogP contribution in [0.1, 0.15) is 11.1 Å². The standard InChI is InChI=1S/C23H29ClN6O4/c1-16-5-4-6-17(2)23(16)25-20(31)13-29-9-11-30(12-10-29)21(32)15-34-22(33)14-28(3)19-8-7-18(24)26-27-19/h4-8H,9-15H2,1-3H3,(H,25,31). The number of rotatable bonds is 8. The van der Waals surface area contributed by atoms with Crippen molar-refractivity contribution in [3.05, 3.63) is 46.6 Å². The molecule has 1 saturated heterocycles. The number of para-hydroxylation sites is 1. The van der Waals surface area contributed by atoms with E-state index in [4.69, 9.17) is 16.3 Å². The highest BCUT2D eigenvalue weighted by molar-refractivity contribution is 6.29. The van der Waals surface area contributed by atoms with Gasteiger partial charge in [0, 0.05) is 38.9 Å². The molecule has 1 aliphatic heterocycles. The first-order valence-electron chi connectivity index (χ1n) is 10.9. The highest BCUT2D eigenvalue weighted by Crippen LogP contribution is 2.19. The van der Waals surface area contributed by atoms with Crippen molar-refractivity contribution in [2.24, 2.45) is 0 Å². The summed E-state index contributed by atoms with van der Waals surface area (Å²) in [4.78, 5) is 42.2. The lowest BCUT2D eigenvalue weighted by Crippen LogP contribution is -2.51. The third-order valence-electron chi connectivity index (χ3n) is 5.57. The fourth-order valence-electron chi connectivity index (χ4n) is 3.62. The molecule has 182 valence electrons. The van der Waals surface area contributed by atoms with Crippen molar-refractivity contribution in [3.63, 3.8) is 0 Å². The van der Waals surface area contributed by atoms with Crippen molar-refractivity contribution in [2.45, 2.75) is 13.8 Å². The van der Waals surface area contributed by atoms with Gasteiger partial charge in [0.05, 0.1) is 6.54 Å². The van der Waals surface area contributed by atoms with Crippen molar-refractivity contribution in [2.75, 3.05) is 63.1 Å². The van der Waals surface area contributed by atoms with Crippen LogP contribution in [-0.4, -0.2) is 90.7 Å². The zero-order valence-corrected chi connectivity index (χ0v) is 20.3. The molecule has 2 amide bonds. The Balaban J connectivity index is 1.37. The maximum Gasteiger partial charge on any atom is 0.326 e. The summed E-state index contributed by atoms with van der Waals surface area (Å²) in [6.07, 6.45) is 0. The zero-order valence-electron chi connectivity index (χ0n) is 19.6. The molecule has 1 aliphatic rings. The molecular weight excluding hydrogens is 460 g/mol. The number of aryl methyl sites for hydroxylation is 2. The van der Waals surface area contributed by atoms with Gasteiger partial charge in [0.1, 0.15) is 6.54 Å². The first-order chi connectivity index (χ1) is 16.2. The molecule has 0 saturated carbocycles. The molecule has 0 radical (unpaired) electrons. The van der Waals surface area contributed by atoms with Gasteiger partial charge in [-0.15, -0.1) is 10.2 Å². The molecule has 0 atom stereocenters. The van der Waals surface area contributed by atoms with E-state index in [2.05, 4.69) is 15.5 Å². The average Bonchev–Trinajstić information content (AvgIpc) is 2.81. The Morgan fingerprint density at radius 2 is 1.74 bits per heavy atom. The van der Waals surface area contributed by atoms with E-state index >= 15 is 0 Å². The van der Waals surface area contributed by atoms with Gasteiger partial charge < -0.3 is 19.9 Å². The lowest BCUT2D eigenvalue weighted by Gasteiger charge is -2.34. The number of hydrogen-bond acceptors (Lipinski definition) is 8. The number of carbonyl (C=O) groups excluding carboxylic acids is 3. The molecular formula is C23H29ClN6O4. The molecule has 1 aromatic carbocycles. The van der Waals surface area contributed by atoms with Crippen LogP contribution in [0.5, 0.6) is 0 Å². The monoisotopic (exact) mass is 488 g/mol. The minimum Gasteiger partial charge on any atom is -0.454 e. The third-order valence-corrected chi connectivity index (χ3v) is 5.77. The van der Waals surface area contributed by atoms with Gasteiger partial charge in [0.2, 0.25) is 5.91 Å². The first-order valence-corrected chi connectivity index (χ1v) is 11.3. The Kier molecular flexibility index (Phi) is 8.78. The van der Waals surface area contributed by atoms with Crippen molar-refractivity contribution >= 4 is 40.9 Å². The summed E-state index contributed by atoms with van der Waals surface area (Å²) in [5, 5.41) is 10.9. The molecule has 1 fully saturated rings. The van der Waals surface area contributed by atoms with Crippen LogP contribution in [-0.2, 0) is 19.1 Å². The van der Waals surface area contributed by atoms with E-state index in [0.29, 0.717) is 32.0 Å². The second kappa shape index (κ2) is 11.8. The van der Waals surface area contributed by atoms with Crippen LogP contribution in [0.15, 0.2) is 30.3 Å². The Morgan fingerprint density at radius 1 is 1.06 bits per heavy atom. The zero-order chi connectivity index (χ0) is 24.7. The number of nitrogens with one attached hydrogen (secondary N) is 1. The molecule has 0 bridgehead atoms. The van der Waals surface area contributed by atoms with Crippen LogP contribution >= 0.6 is 11.6 Å². The first kappa shape index (κ1) is 25.4. The minimum absolute atomic E-state index is 0.0765. The van der Waals surface area contributed by atoms with Gasteiger partial charge in [-0.2, -0.15) is 0 Å². The van der Waals surface area contributed by atoms with E-state index in [1.54, 1.807) is 29.0 Å². The number of aromatic nitrogens is 2. The second-order valence-corrected chi connectivity index (χ2v) is 8.59. The van der Waals surface area contributed by atoms with Crippen LogP contribution < -0.4 is 10.2 Å². The summed E-state index contributed by atoms with van der Waals surface area (Å²) in [6.45, 7) is 5.84. The maximum absolute atomic E-state index is 12.5. The van der Waals surface area contributed by atoms with Gasteiger partial charge in [-0.25, -0.2) is 0 Å². The molecule has 1 aromatic heterocycles. The van der Waals surface area contributed by atoms with Crippen LogP contribution in [0.3, 0.4) is 0 Å². The molecule has 0 unspecified atom stereocenters. The Bertz CT molecular complexity index is 1000. The van der Waals surface area contributed by atoms with E-state index < -0.39 is 5.97 Å². The Labute approximate surface area is 203 Å². The SMILES string of the molecule is Cc1cccc(C)c1NC(=O)CN1CCN(C(=O)COC(=O)CN(C)c2ccc(Cl)nn2)CC1.